The summed E-state index contributed by atoms with van der Waals surface area (Å²) in [5.41, 5.74) is 2.82. The minimum absolute atomic E-state index is 0.00883. The highest BCUT2D eigenvalue weighted by molar-refractivity contribution is 6.00. The molecule has 2 amide bonds. The number of rotatable bonds is 4. The van der Waals surface area contributed by atoms with Crippen molar-refractivity contribution in [3.05, 3.63) is 60.0 Å². The molecule has 0 radical (unpaired) electrons. The number of benzene rings is 2. The molecule has 27 heavy (non-hydrogen) atoms. The molecule has 1 aliphatic rings. The number of nitrogens with one attached hydrogen (secondary N) is 1. The molecule has 0 saturated carbocycles. The minimum Gasteiger partial charge on any atom is -0.482 e. The van der Waals surface area contributed by atoms with E-state index in [1.54, 1.807) is 25.2 Å². The van der Waals surface area contributed by atoms with Crippen molar-refractivity contribution in [1.82, 2.24) is 15.5 Å². The van der Waals surface area contributed by atoms with Crippen molar-refractivity contribution >= 4 is 17.5 Å². The van der Waals surface area contributed by atoms with Gasteiger partial charge in [-0.3, -0.25) is 9.59 Å². The summed E-state index contributed by atoms with van der Waals surface area (Å²) >= 11 is 0. The first-order chi connectivity index (χ1) is 13.1. The van der Waals surface area contributed by atoms with Gasteiger partial charge in [0.25, 0.3) is 11.8 Å². The van der Waals surface area contributed by atoms with Crippen LogP contribution in [0, 0.1) is 0 Å². The van der Waals surface area contributed by atoms with E-state index in [2.05, 4.69) is 15.5 Å². The normalized spacial score (nSPS) is 13.1. The maximum atomic E-state index is 12.5. The summed E-state index contributed by atoms with van der Waals surface area (Å²) in [6.07, 6.45) is 1.28. The fraction of sp³-hybridized carbons (Fsp3) is 0.158. The predicted octanol–water partition coefficient (Wildman–Crippen LogP) is 2.02. The van der Waals surface area contributed by atoms with E-state index in [1.807, 2.05) is 24.3 Å². The second-order valence-corrected chi connectivity index (χ2v) is 6.06. The van der Waals surface area contributed by atoms with Crippen molar-refractivity contribution in [3.8, 4) is 17.1 Å². The summed E-state index contributed by atoms with van der Waals surface area (Å²) in [6.45, 7) is 0.378. The molecule has 8 heteroatoms. The Hall–Kier alpha value is -3.68. The quantitative estimate of drug-likeness (QED) is 0.761. The third-order valence-electron chi connectivity index (χ3n) is 4.33. The van der Waals surface area contributed by atoms with E-state index in [9.17, 15) is 9.59 Å². The average molecular weight is 364 g/mol. The number of hydrogen-bond donors (Lipinski definition) is 1. The molecule has 8 nitrogen and oxygen atoms in total. The standard InChI is InChI=1S/C19H16N4O4/c1-23-15-8-14(6-7-16(15)26-10-17(23)24)19(25)20-9-12-2-4-13(5-3-12)18-21-11-27-22-18/h2-8,11H,9-10H2,1H3,(H,20,25). The van der Waals surface area contributed by atoms with Gasteiger partial charge in [-0.05, 0) is 23.8 Å². The molecule has 2 heterocycles. The number of carbonyl (C=O) groups is 2. The van der Waals surface area contributed by atoms with Gasteiger partial charge in [-0.25, -0.2) is 0 Å². The number of amides is 2. The zero-order chi connectivity index (χ0) is 18.8. The number of fused-ring (bicyclic) bond motifs is 1. The molecule has 0 fully saturated rings. The molecule has 0 aliphatic carbocycles. The molecule has 0 unspecified atom stereocenters. The predicted molar refractivity (Wildman–Crippen MR) is 96.3 cm³/mol. The Bertz CT molecular complexity index is 983. The van der Waals surface area contributed by atoms with E-state index in [-0.39, 0.29) is 18.4 Å². The van der Waals surface area contributed by atoms with Crippen LogP contribution in [0.1, 0.15) is 15.9 Å². The highest BCUT2D eigenvalue weighted by Gasteiger charge is 2.23. The fourth-order valence-corrected chi connectivity index (χ4v) is 2.77. The zero-order valence-electron chi connectivity index (χ0n) is 14.5. The van der Waals surface area contributed by atoms with Crippen molar-refractivity contribution in [2.45, 2.75) is 6.54 Å². The first kappa shape index (κ1) is 16.8. The van der Waals surface area contributed by atoms with Gasteiger partial charge in [0.1, 0.15) is 5.75 Å². The van der Waals surface area contributed by atoms with Crippen molar-refractivity contribution in [2.75, 3.05) is 18.6 Å². The Labute approximate surface area is 154 Å². The lowest BCUT2D eigenvalue weighted by molar-refractivity contribution is -0.120. The lowest BCUT2D eigenvalue weighted by atomic mass is 10.1. The van der Waals surface area contributed by atoms with Gasteiger partial charge in [-0.15, -0.1) is 0 Å². The molecule has 0 spiro atoms. The first-order valence-electron chi connectivity index (χ1n) is 8.29. The van der Waals surface area contributed by atoms with E-state index in [1.165, 1.54) is 11.3 Å². The van der Waals surface area contributed by atoms with E-state index in [4.69, 9.17) is 9.26 Å². The summed E-state index contributed by atoms with van der Waals surface area (Å²) in [6, 6.07) is 12.5. The summed E-state index contributed by atoms with van der Waals surface area (Å²) < 4.78 is 10.1. The minimum atomic E-state index is -0.230. The summed E-state index contributed by atoms with van der Waals surface area (Å²) in [5, 5.41) is 6.65. The third-order valence-corrected chi connectivity index (χ3v) is 4.33. The Morgan fingerprint density at radius 1 is 1.22 bits per heavy atom. The SMILES string of the molecule is CN1C(=O)COc2ccc(C(=O)NCc3ccc(-c4ncon4)cc3)cc21. The monoisotopic (exact) mass is 364 g/mol. The molecule has 2 aromatic carbocycles. The maximum Gasteiger partial charge on any atom is 0.264 e. The van der Waals surface area contributed by atoms with Crippen LogP contribution < -0.4 is 15.0 Å². The second kappa shape index (κ2) is 6.91. The Kier molecular flexibility index (Phi) is 4.29. The topological polar surface area (TPSA) is 97.6 Å². The van der Waals surface area contributed by atoms with Gasteiger partial charge < -0.3 is 19.5 Å². The van der Waals surface area contributed by atoms with Crippen molar-refractivity contribution in [2.24, 2.45) is 0 Å². The number of likely N-dealkylation sites (N-methyl/N-ethyl adjacent to an activating group) is 1. The molecule has 0 saturated heterocycles. The Morgan fingerprint density at radius 3 is 2.78 bits per heavy atom. The summed E-state index contributed by atoms with van der Waals surface area (Å²) in [7, 11) is 1.66. The smallest absolute Gasteiger partial charge is 0.264 e. The number of carbonyl (C=O) groups excluding carboxylic acids is 2. The fourth-order valence-electron chi connectivity index (χ4n) is 2.77. The Balaban J connectivity index is 1.43. The van der Waals surface area contributed by atoms with E-state index >= 15 is 0 Å². The largest absolute Gasteiger partial charge is 0.482 e. The van der Waals surface area contributed by atoms with Crippen LogP contribution in [0.5, 0.6) is 5.75 Å². The van der Waals surface area contributed by atoms with Gasteiger partial charge in [0.2, 0.25) is 12.2 Å². The number of ether oxygens (including phenoxy) is 1. The molecule has 1 aromatic heterocycles. The highest BCUT2D eigenvalue weighted by atomic mass is 16.5. The van der Waals surface area contributed by atoms with Crippen LogP contribution in [0.3, 0.4) is 0 Å². The lowest BCUT2D eigenvalue weighted by Crippen LogP contribution is -2.35. The molecule has 3 aromatic rings. The van der Waals surface area contributed by atoms with Gasteiger partial charge >= 0.3 is 0 Å². The number of hydrogen-bond acceptors (Lipinski definition) is 6. The molecule has 136 valence electrons. The first-order valence-corrected chi connectivity index (χ1v) is 8.29. The molecular formula is C19H16N4O4. The van der Waals surface area contributed by atoms with Crippen LogP contribution in [0.2, 0.25) is 0 Å². The van der Waals surface area contributed by atoms with Gasteiger partial charge in [0, 0.05) is 24.7 Å². The van der Waals surface area contributed by atoms with Gasteiger partial charge in [0.05, 0.1) is 5.69 Å². The van der Waals surface area contributed by atoms with Crippen molar-refractivity contribution in [3.63, 3.8) is 0 Å². The lowest BCUT2D eigenvalue weighted by Gasteiger charge is -2.26. The number of anilines is 1. The van der Waals surface area contributed by atoms with Crippen LogP contribution in [0.4, 0.5) is 5.69 Å². The average Bonchev–Trinajstić information content (AvgIpc) is 3.24. The van der Waals surface area contributed by atoms with Crippen LogP contribution >= 0.6 is 0 Å². The molecule has 0 atom stereocenters. The molecule has 0 bridgehead atoms. The number of nitrogens with zero attached hydrogens (tertiary/aromatic N) is 3. The zero-order valence-corrected chi connectivity index (χ0v) is 14.5. The van der Waals surface area contributed by atoms with E-state index < -0.39 is 0 Å². The maximum absolute atomic E-state index is 12.5. The summed E-state index contributed by atoms with van der Waals surface area (Å²) in [4.78, 5) is 29.7. The van der Waals surface area contributed by atoms with Crippen LogP contribution in [0.15, 0.2) is 53.4 Å². The van der Waals surface area contributed by atoms with E-state index in [0.29, 0.717) is 29.4 Å². The van der Waals surface area contributed by atoms with Crippen LogP contribution in [0.25, 0.3) is 11.4 Å². The molecule has 1 aliphatic heterocycles. The van der Waals surface area contributed by atoms with Crippen molar-refractivity contribution in [1.29, 1.82) is 0 Å². The molecule has 1 N–H and O–H groups in total. The molecular weight excluding hydrogens is 348 g/mol. The summed E-state index contributed by atoms with van der Waals surface area (Å²) in [5.74, 6) is 0.722. The highest BCUT2D eigenvalue weighted by Crippen LogP contribution is 2.31. The van der Waals surface area contributed by atoms with Crippen molar-refractivity contribution < 1.29 is 18.8 Å². The van der Waals surface area contributed by atoms with Gasteiger partial charge in [-0.2, -0.15) is 4.98 Å². The van der Waals surface area contributed by atoms with Crippen LogP contribution in [-0.2, 0) is 11.3 Å². The third kappa shape index (κ3) is 3.37. The second-order valence-electron chi connectivity index (χ2n) is 6.06. The van der Waals surface area contributed by atoms with Gasteiger partial charge in [-0.1, -0.05) is 29.4 Å². The number of aromatic nitrogens is 2. The van der Waals surface area contributed by atoms with Gasteiger partial charge in [0.15, 0.2) is 6.61 Å². The van der Waals surface area contributed by atoms with Crippen LogP contribution in [-0.4, -0.2) is 35.6 Å². The molecule has 4 rings (SSSR count). The Morgan fingerprint density at radius 2 is 2.04 bits per heavy atom. The van der Waals surface area contributed by atoms with E-state index in [0.717, 1.165) is 11.1 Å².